The van der Waals surface area contributed by atoms with Crippen LogP contribution >= 0.6 is 11.6 Å². The predicted octanol–water partition coefficient (Wildman–Crippen LogP) is 7.92. The molecule has 0 spiro atoms. The summed E-state index contributed by atoms with van der Waals surface area (Å²) in [6.07, 6.45) is -6.25. The highest BCUT2D eigenvalue weighted by atomic mass is 35.5. The molecule has 2 aliphatic rings. The smallest absolute Gasteiger partial charge is 0.413 e. The van der Waals surface area contributed by atoms with Crippen molar-refractivity contribution in [2.24, 2.45) is 22.1 Å². The largest absolute Gasteiger partial charge is 0.463 e. The minimum atomic E-state index is -4.51. The first kappa shape index (κ1) is 41.6. The van der Waals surface area contributed by atoms with Gasteiger partial charge in [0.25, 0.3) is 12.3 Å². The molecule has 2 aromatic heterocycles. The number of alkyl halides is 7. The maximum Gasteiger partial charge on any atom is 0.413 e. The van der Waals surface area contributed by atoms with Crippen LogP contribution in [0.5, 0.6) is 0 Å². The number of esters is 1. The second-order valence-corrected chi connectivity index (χ2v) is 16.1. The van der Waals surface area contributed by atoms with E-state index in [9.17, 15) is 40.3 Å². The van der Waals surface area contributed by atoms with Gasteiger partial charge in [-0.25, -0.2) is 36.9 Å². The van der Waals surface area contributed by atoms with Crippen LogP contribution in [0.2, 0.25) is 5.02 Å². The molecule has 0 bridgehead atoms. The zero-order valence-corrected chi connectivity index (χ0v) is 32.1. The predicted molar refractivity (Wildman–Crippen MR) is 192 cm³/mol. The molecule has 6 rings (SSSR count). The van der Waals surface area contributed by atoms with Crippen molar-refractivity contribution in [3.63, 3.8) is 0 Å². The molecule has 2 aromatic carbocycles. The van der Waals surface area contributed by atoms with Gasteiger partial charge in [-0.2, -0.15) is 18.3 Å². The number of hydrogen-bond acceptors (Lipinski definition) is 9. The Hall–Kier alpha value is -5.07. The van der Waals surface area contributed by atoms with E-state index in [4.69, 9.17) is 27.1 Å². The van der Waals surface area contributed by atoms with Crippen molar-refractivity contribution in [1.29, 1.82) is 0 Å². The Morgan fingerprint density at radius 2 is 1.70 bits per heavy atom. The average molecular weight is 826 g/mol. The second-order valence-electron chi connectivity index (χ2n) is 15.7. The SMILES string of the molecule is C[C@H](CC(=O)OC[C@H](c1ccc(Cl)c(-n2ncnc2C(F)F)c1)N1C(=O)[C@@](CC(C)(C)C)(c2ccc(-c3cn(C4(C(F)(F)F)CC4)nn3)cc2)N=C1N)C(C)(F)F. The van der Waals surface area contributed by atoms with Crippen LogP contribution < -0.4 is 5.73 Å². The number of ether oxygens (including phenoxy) is 1. The van der Waals surface area contributed by atoms with Gasteiger partial charge in [-0.1, -0.05) is 74.8 Å². The number of rotatable bonds is 13. The fourth-order valence-electron chi connectivity index (χ4n) is 6.82. The van der Waals surface area contributed by atoms with Crippen molar-refractivity contribution >= 4 is 29.4 Å². The van der Waals surface area contributed by atoms with Crippen molar-refractivity contribution in [1.82, 2.24) is 34.7 Å². The number of nitrogens with zero attached hydrogens (tertiary/aromatic N) is 8. The van der Waals surface area contributed by atoms with E-state index in [0.717, 1.165) is 20.6 Å². The minimum Gasteiger partial charge on any atom is -0.463 e. The van der Waals surface area contributed by atoms with Crippen LogP contribution in [-0.2, 0) is 25.4 Å². The van der Waals surface area contributed by atoms with Gasteiger partial charge in [-0.15, -0.1) is 5.10 Å². The maximum atomic E-state index is 15.0. The Balaban J connectivity index is 1.39. The molecule has 2 N–H and O–H groups in total. The molecule has 1 saturated carbocycles. The molecule has 0 saturated heterocycles. The van der Waals surface area contributed by atoms with Gasteiger partial charge in [0.15, 0.2) is 22.9 Å². The highest BCUT2D eigenvalue weighted by Crippen LogP contribution is 2.55. The van der Waals surface area contributed by atoms with E-state index in [1.807, 2.05) is 20.8 Å². The standard InChI is InChI=1S/C37H39ClF7N9O3/c1-20(34(5,41)42)14-28(55)57-17-27(22-8-11-24(38)26(15-22)54-30(29(39)40)47-19-48-54)53-31(56)36(49-32(53)46,18-33(2,3)4)23-9-6-21(7-10-23)25-16-52(51-50-25)35(12-13-35)37(43,44)45/h6-11,15-16,19-20,27,29H,12-14,17-18H2,1-5H3,(H2,46,49)/t20-,27-,36-/m1/s1. The van der Waals surface area contributed by atoms with Crippen molar-refractivity contribution in [2.45, 2.75) is 95.9 Å². The van der Waals surface area contributed by atoms with Crippen LogP contribution in [0.4, 0.5) is 30.7 Å². The third-order valence-corrected chi connectivity index (χ3v) is 10.5. The molecule has 1 amide bonds. The average Bonchev–Trinajstić information content (AvgIpc) is 3.43. The van der Waals surface area contributed by atoms with Gasteiger partial charge in [0, 0.05) is 11.5 Å². The van der Waals surface area contributed by atoms with Gasteiger partial charge in [-0.05, 0) is 54.9 Å². The van der Waals surface area contributed by atoms with Crippen LogP contribution in [0.1, 0.15) is 89.7 Å². The number of carbonyl (C=O) groups is 2. The molecule has 1 aliphatic carbocycles. The first-order valence-electron chi connectivity index (χ1n) is 17.8. The molecule has 20 heteroatoms. The lowest BCUT2D eigenvalue weighted by atomic mass is 9.75. The third kappa shape index (κ3) is 8.07. The third-order valence-electron chi connectivity index (χ3n) is 10.2. The lowest BCUT2D eigenvalue weighted by Gasteiger charge is -2.35. The minimum absolute atomic E-state index is 0.0248. The Morgan fingerprint density at radius 3 is 2.28 bits per heavy atom. The summed E-state index contributed by atoms with van der Waals surface area (Å²) in [7, 11) is 0. The molecule has 0 unspecified atom stereocenters. The molecule has 3 heterocycles. The van der Waals surface area contributed by atoms with Gasteiger partial charge in [0.2, 0.25) is 5.92 Å². The molecule has 57 heavy (non-hydrogen) atoms. The molecular weight excluding hydrogens is 787 g/mol. The quantitative estimate of drug-likeness (QED) is 0.106. The number of aromatic nitrogens is 6. The number of halogens is 8. The van der Waals surface area contributed by atoms with E-state index < -0.39 is 77.7 Å². The van der Waals surface area contributed by atoms with E-state index in [0.29, 0.717) is 18.1 Å². The summed E-state index contributed by atoms with van der Waals surface area (Å²) in [6.45, 7) is 6.83. The Morgan fingerprint density at radius 1 is 1.04 bits per heavy atom. The number of amides is 1. The maximum absolute atomic E-state index is 15.0. The van der Waals surface area contributed by atoms with Gasteiger partial charge in [0.05, 0.1) is 29.4 Å². The number of aliphatic imine (C=N–C) groups is 1. The van der Waals surface area contributed by atoms with Crippen molar-refractivity contribution < 1.29 is 45.1 Å². The lowest BCUT2D eigenvalue weighted by molar-refractivity contribution is -0.183. The van der Waals surface area contributed by atoms with Gasteiger partial charge >= 0.3 is 12.1 Å². The molecule has 1 aliphatic heterocycles. The van der Waals surface area contributed by atoms with Crippen molar-refractivity contribution in [2.75, 3.05) is 6.61 Å². The summed E-state index contributed by atoms with van der Waals surface area (Å²) >= 11 is 6.44. The molecular formula is C37H39ClF7N9O3. The van der Waals surface area contributed by atoms with Gasteiger partial charge in [0.1, 0.15) is 18.6 Å². The summed E-state index contributed by atoms with van der Waals surface area (Å²) in [4.78, 5) is 37.3. The van der Waals surface area contributed by atoms with E-state index in [2.05, 4.69) is 20.4 Å². The van der Waals surface area contributed by atoms with Crippen LogP contribution in [0.15, 0.2) is 60.0 Å². The fraction of sp³-hybridized carbons (Fsp3) is 0.486. The van der Waals surface area contributed by atoms with Crippen molar-refractivity contribution in [3.8, 4) is 16.9 Å². The molecule has 1 fully saturated rings. The summed E-state index contributed by atoms with van der Waals surface area (Å²) in [5.74, 6) is -7.30. The van der Waals surface area contributed by atoms with E-state index in [1.165, 1.54) is 31.3 Å². The number of hydrogen-bond donors (Lipinski definition) is 1. The summed E-state index contributed by atoms with van der Waals surface area (Å²) in [5.41, 5.74) is 3.24. The Bertz CT molecular complexity index is 2170. The summed E-state index contributed by atoms with van der Waals surface area (Å²) in [5, 5.41) is 11.6. The first-order chi connectivity index (χ1) is 26.5. The fourth-order valence-corrected chi connectivity index (χ4v) is 7.02. The molecule has 0 radical (unpaired) electrons. The van der Waals surface area contributed by atoms with Crippen LogP contribution in [0, 0.1) is 11.3 Å². The number of benzene rings is 2. The summed E-state index contributed by atoms with van der Waals surface area (Å²) < 4.78 is 104. The number of nitrogens with two attached hydrogens (primary N) is 1. The topological polar surface area (TPSA) is 146 Å². The van der Waals surface area contributed by atoms with Gasteiger partial charge in [-0.3, -0.25) is 14.5 Å². The molecule has 3 atom stereocenters. The highest BCUT2D eigenvalue weighted by molar-refractivity contribution is 6.32. The normalized spacial score (nSPS) is 19.5. The Labute approximate surface area is 327 Å². The monoisotopic (exact) mass is 825 g/mol. The van der Waals surface area contributed by atoms with Gasteiger partial charge < -0.3 is 10.5 Å². The molecule has 306 valence electrons. The van der Waals surface area contributed by atoms with E-state index >= 15 is 0 Å². The number of carbonyl (C=O) groups excluding carboxylic acids is 2. The lowest BCUT2D eigenvalue weighted by Crippen LogP contribution is -2.47. The van der Waals surface area contributed by atoms with Crippen molar-refractivity contribution in [3.05, 3.63) is 77.0 Å². The van der Waals surface area contributed by atoms with E-state index in [1.54, 1.807) is 24.3 Å². The number of guanidine groups is 1. The second kappa shape index (κ2) is 14.7. The Kier molecular flexibility index (Phi) is 10.7. The zero-order chi connectivity index (χ0) is 41.9. The molecule has 4 aromatic rings. The molecule has 12 nitrogen and oxygen atoms in total. The van der Waals surface area contributed by atoms with E-state index in [-0.39, 0.29) is 47.2 Å². The first-order valence-corrected chi connectivity index (χ1v) is 18.2. The van der Waals surface area contributed by atoms with Crippen LogP contribution in [0.3, 0.4) is 0 Å². The zero-order valence-electron chi connectivity index (χ0n) is 31.4. The van der Waals surface area contributed by atoms with Crippen LogP contribution in [-0.4, -0.2) is 71.2 Å². The van der Waals surface area contributed by atoms with Crippen LogP contribution in [0.25, 0.3) is 16.9 Å². The summed E-state index contributed by atoms with van der Waals surface area (Å²) in [6, 6.07) is 9.12. The highest BCUT2D eigenvalue weighted by Gasteiger charge is 2.66.